The fourth-order valence-corrected chi connectivity index (χ4v) is 4.19. The summed E-state index contributed by atoms with van der Waals surface area (Å²) in [5, 5.41) is 3.08. The summed E-state index contributed by atoms with van der Waals surface area (Å²) in [7, 11) is 0. The number of benzene rings is 1. The molecule has 3 rings (SSSR count). The van der Waals surface area contributed by atoms with E-state index >= 15 is 0 Å². The van der Waals surface area contributed by atoms with Crippen LogP contribution in [-0.2, 0) is 24.1 Å². The Hall–Kier alpha value is -1.35. The minimum Gasteiger partial charge on any atom is -0.328 e. The number of amides is 1. The van der Waals surface area contributed by atoms with E-state index in [-0.39, 0.29) is 5.91 Å². The van der Waals surface area contributed by atoms with Crippen molar-refractivity contribution < 1.29 is 4.79 Å². The number of fused-ring (bicyclic) bond motifs is 1. The Morgan fingerprint density at radius 3 is 2.45 bits per heavy atom. The van der Waals surface area contributed by atoms with Crippen LogP contribution < -0.4 is 11.1 Å². The number of nitrogens with two attached hydrogens (primary N) is 1. The van der Waals surface area contributed by atoms with E-state index in [1.54, 1.807) is 0 Å². The van der Waals surface area contributed by atoms with Crippen molar-refractivity contribution in [2.75, 3.05) is 5.32 Å². The van der Waals surface area contributed by atoms with Crippen LogP contribution in [0.25, 0.3) is 0 Å². The van der Waals surface area contributed by atoms with Crippen molar-refractivity contribution in [2.24, 2.45) is 11.1 Å². The number of carbonyl (C=O) groups is 1. The number of hydrogen-bond donors (Lipinski definition) is 2. The molecule has 3 N–H and O–H groups in total. The van der Waals surface area contributed by atoms with Crippen LogP contribution in [0, 0.1) is 5.41 Å². The van der Waals surface area contributed by atoms with Crippen LogP contribution in [-0.4, -0.2) is 11.9 Å². The van der Waals surface area contributed by atoms with Crippen LogP contribution >= 0.6 is 0 Å². The van der Waals surface area contributed by atoms with E-state index in [0.717, 1.165) is 31.4 Å². The van der Waals surface area contributed by atoms with Crippen molar-refractivity contribution in [1.82, 2.24) is 0 Å². The lowest BCUT2D eigenvalue weighted by molar-refractivity contribution is -0.115. The first-order chi connectivity index (χ1) is 10.5. The van der Waals surface area contributed by atoms with Crippen LogP contribution in [0.15, 0.2) is 12.1 Å². The average Bonchev–Trinajstić information content (AvgIpc) is 2.86. The minimum absolute atomic E-state index is 0.103. The van der Waals surface area contributed by atoms with Crippen molar-refractivity contribution in [1.29, 1.82) is 0 Å². The lowest BCUT2D eigenvalue weighted by atomic mass is 9.71. The fourth-order valence-electron chi connectivity index (χ4n) is 4.19. The molecule has 0 aliphatic heterocycles. The van der Waals surface area contributed by atoms with Gasteiger partial charge in [0.2, 0.25) is 5.91 Å². The number of anilines is 1. The summed E-state index contributed by atoms with van der Waals surface area (Å²) in [4.78, 5) is 11.8. The van der Waals surface area contributed by atoms with Crippen molar-refractivity contribution in [3.05, 3.63) is 28.8 Å². The van der Waals surface area contributed by atoms with Crippen LogP contribution in [0.3, 0.4) is 0 Å². The molecule has 1 spiro atoms. The number of rotatable bonds is 3. The standard InChI is InChI=1S/C19H28N2O/c1-3-13-9-14-11-19(7-5-16(20)6-8-19)12-15(14)10-17(13)21-18(22)4-2/h9-10,16H,3-8,11-12,20H2,1-2H3,(H,21,22). The summed E-state index contributed by atoms with van der Waals surface area (Å²) in [6.45, 7) is 4.06. The molecule has 1 saturated carbocycles. The number of hydrogen-bond acceptors (Lipinski definition) is 2. The zero-order chi connectivity index (χ0) is 15.7. The average molecular weight is 300 g/mol. The molecule has 3 nitrogen and oxygen atoms in total. The van der Waals surface area contributed by atoms with Gasteiger partial charge in [-0.2, -0.15) is 0 Å². The molecule has 1 aromatic rings. The smallest absolute Gasteiger partial charge is 0.224 e. The molecular formula is C19H28N2O. The van der Waals surface area contributed by atoms with E-state index in [4.69, 9.17) is 5.73 Å². The van der Waals surface area contributed by atoms with Gasteiger partial charge in [0.1, 0.15) is 0 Å². The van der Waals surface area contributed by atoms with Gasteiger partial charge in [0.15, 0.2) is 0 Å². The maximum absolute atomic E-state index is 11.8. The lowest BCUT2D eigenvalue weighted by Gasteiger charge is -2.36. The van der Waals surface area contributed by atoms with E-state index in [0.29, 0.717) is 17.9 Å². The molecule has 0 saturated heterocycles. The van der Waals surface area contributed by atoms with Crippen LogP contribution in [0.2, 0.25) is 0 Å². The molecular weight excluding hydrogens is 272 g/mol. The van der Waals surface area contributed by atoms with E-state index < -0.39 is 0 Å². The van der Waals surface area contributed by atoms with Crippen molar-refractivity contribution in [3.63, 3.8) is 0 Å². The molecule has 120 valence electrons. The monoisotopic (exact) mass is 300 g/mol. The molecule has 2 aliphatic rings. The summed E-state index contributed by atoms with van der Waals surface area (Å²) < 4.78 is 0. The third-order valence-corrected chi connectivity index (χ3v) is 5.62. The van der Waals surface area contributed by atoms with Gasteiger partial charge in [-0.05, 0) is 73.1 Å². The van der Waals surface area contributed by atoms with E-state index in [9.17, 15) is 4.79 Å². The molecule has 1 amide bonds. The van der Waals surface area contributed by atoms with Crippen LogP contribution in [0.4, 0.5) is 5.69 Å². The molecule has 0 unspecified atom stereocenters. The highest BCUT2D eigenvalue weighted by molar-refractivity contribution is 5.91. The third kappa shape index (κ3) is 2.91. The third-order valence-electron chi connectivity index (χ3n) is 5.62. The summed E-state index contributed by atoms with van der Waals surface area (Å²) in [5.41, 5.74) is 11.8. The summed E-state index contributed by atoms with van der Waals surface area (Å²) in [6.07, 6.45) is 8.68. The fraction of sp³-hybridized carbons (Fsp3) is 0.632. The number of carbonyl (C=O) groups excluding carboxylic acids is 1. The molecule has 0 aromatic heterocycles. The number of aryl methyl sites for hydroxylation is 1. The Bertz CT molecular complexity index is 571. The summed E-state index contributed by atoms with van der Waals surface area (Å²) in [6, 6.07) is 4.98. The second kappa shape index (κ2) is 6.04. The molecule has 2 aliphatic carbocycles. The second-order valence-corrected chi connectivity index (χ2v) is 7.22. The Morgan fingerprint density at radius 1 is 1.23 bits per heavy atom. The largest absolute Gasteiger partial charge is 0.328 e. The van der Waals surface area contributed by atoms with Gasteiger partial charge in [-0.15, -0.1) is 0 Å². The van der Waals surface area contributed by atoms with Gasteiger partial charge < -0.3 is 11.1 Å². The van der Waals surface area contributed by atoms with Gasteiger partial charge in [-0.3, -0.25) is 4.79 Å². The van der Waals surface area contributed by atoms with Crippen molar-refractivity contribution >= 4 is 11.6 Å². The molecule has 0 bridgehead atoms. The van der Waals surface area contributed by atoms with E-state index in [1.807, 2.05) is 6.92 Å². The molecule has 22 heavy (non-hydrogen) atoms. The Kier molecular flexibility index (Phi) is 4.26. The maximum Gasteiger partial charge on any atom is 0.224 e. The van der Waals surface area contributed by atoms with Crippen molar-refractivity contribution in [3.8, 4) is 0 Å². The first-order valence-corrected chi connectivity index (χ1v) is 8.75. The van der Waals surface area contributed by atoms with Gasteiger partial charge in [0.25, 0.3) is 0 Å². The zero-order valence-corrected chi connectivity index (χ0v) is 13.9. The Morgan fingerprint density at radius 2 is 1.86 bits per heavy atom. The normalized spacial score (nSPS) is 27.0. The first-order valence-electron chi connectivity index (χ1n) is 8.75. The predicted molar refractivity (Wildman–Crippen MR) is 91.0 cm³/mol. The predicted octanol–water partition coefficient (Wildman–Crippen LogP) is 3.58. The molecule has 0 heterocycles. The summed E-state index contributed by atoms with van der Waals surface area (Å²) in [5.74, 6) is 0.103. The van der Waals surface area contributed by atoms with Crippen LogP contribution in [0.5, 0.6) is 0 Å². The topological polar surface area (TPSA) is 55.1 Å². The van der Waals surface area contributed by atoms with Gasteiger partial charge in [-0.25, -0.2) is 0 Å². The molecule has 0 atom stereocenters. The Balaban J connectivity index is 1.85. The van der Waals surface area contributed by atoms with E-state index in [2.05, 4.69) is 24.4 Å². The lowest BCUT2D eigenvalue weighted by Crippen LogP contribution is -2.34. The zero-order valence-electron chi connectivity index (χ0n) is 13.9. The highest BCUT2D eigenvalue weighted by Gasteiger charge is 2.39. The van der Waals surface area contributed by atoms with E-state index in [1.165, 1.54) is 36.0 Å². The van der Waals surface area contributed by atoms with Crippen LogP contribution in [0.1, 0.15) is 62.6 Å². The SMILES string of the molecule is CCC(=O)Nc1cc2c(cc1CC)CC1(CCC(N)CC1)C2. The number of nitrogens with one attached hydrogen (secondary N) is 1. The van der Waals surface area contributed by atoms with Gasteiger partial charge in [0.05, 0.1) is 0 Å². The Labute approximate surface area is 133 Å². The quantitative estimate of drug-likeness (QED) is 0.896. The summed E-state index contributed by atoms with van der Waals surface area (Å²) >= 11 is 0. The first kappa shape index (κ1) is 15.5. The molecule has 1 aromatic carbocycles. The minimum atomic E-state index is 0.103. The molecule has 1 fully saturated rings. The maximum atomic E-state index is 11.8. The van der Waals surface area contributed by atoms with Crippen molar-refractivity contribution in [2.45, 2.75) is 71.3 Å². The second-order valence-electron chi connectivity index (χ2n) is 7.22. The highest BCUT2D eigenvalue weighted by atomic mass is 16.1. The molecule has 3 heteroatoms. The van der Waals surface area contributed by atoms with Gasteiger partial charge >= 0.3 is 0 Å². The van der Waals surface area contributed by atoms with Gasteiger partial charge in [-0.1, -0.05) is 19.9 Å². The van der Waals surface area contributed by atoms with Gasteiger partial charge in [0, 0.05) is 18.2 Å². The molecule has 0 radical (unpaired) electrons. The highest BCUT2D eigenvalue weighted by Crippen LogP contribution is 2.48.